The number of aliphatic hydroxyl groups excluding tert-OH is 1. The zero-order chi connectivity index (χ0) is 20.1. The van der Waals surface area contributed by atoms with Crippen molar-refractivity contribution < 1.29 is 14.6 Å². The number of aliphatic hydroxyl groups is 1. The minimum Gasteiger partial charge on any atom is -0.495 e. The molecule has 0 atom stereocenters. The van der Waals surface area contributed by atoms with Crippen LogP contribution in [0.1, 0.15) is 24.1 Å². The van der Waals surface area contributed by atoms with Crippen molar-refractivity contribution in [3.63, 3.8) is 0 Å². The van der Waals surface area contributed by atoms with Gasteiger partial charge in [0.25, 0.3) is 0 Å². The smallest absolute Gasteiger partial charge is 0.348 e. The first-order valence-electron chi connectivity index (χ1n) is 9.03. The third kappa shape index (κ3) is 4.68. The molecule has 2 N–H and O–H groups in total. The standard InChI is InChI=1S/C19H22ClN3O4S/c1-27-16-7-6-12(20)10-14(16)21-17(25)11-28-18-13-4-2-3-5-15(13)23(8-9-24)19(26)22-18/h6-7,10,24H,2-5,8-9,11H2,1H3,(H,21,25). The monoisotopic (exact) mass is 423 g/mol. The molecule has 1 amide bonds. The SMILES string of the molecule is COc1ccc(Cl)cc1NC(=O)CSc1nc(=O)n(CCO)c2c1CCCC2. The minimum absolute atomic E-state index is 0.107. The van der Waals surface area contributed by atoms with Gasteiger partial charge in [0.05, 0.1) is 31.7 Å². The number of amides is 1. The van der Waals surface area contributed by atoms with Gasteiger partial charge in [0.2, 0.25) is 5.91 Å². The second-order valence-corrected chi connectivity index (χ2v) is 7.79. The lowest BCUT2D eigenvalue weighted by molar-refractivity contribution is -0.113. The van der Waals surface area contributed by atoms with Crippen LogP contribution in [0.25, 0.3) is 0 Å². The maximum Gasteiger partial charge on any atom is 0.348 e. The first-order valence-corrected chi connectivity index (χ1v) is 10.4. The van der Waals surface area contributed by atoms with E-state index < -0.39 is 0 Å². The molecule has 1 aliphatic rings. The van der Waals surface area contributed by atoms with Crippen LogP contribution in [0.3, 0.4) is 0 Å². The second-order valence-electron chi connectivity index (χ2n) is 6.39. The average molecular weight is 424 g/mol. The summed E-state index contributed by atoms with van der Waals surface area (Å²) in [6, 6.07) is 4.99. The van der Waals surface area contributed by atoms with Gasteiger partial charge in [-0.1, -0.05) is 23.4 Å². The number of halogens is 1. The normalized spacial score (nSPS) is 13.1. The van der Waals surface area contributed by atoms with E-state index in [1.165, 1.54) is 18.9 Å². The maximum atomic E-state index is 12.4. The molecule has 0 bridgehead atoms. The first-order chi connectivity index (χ1) is 13.5. The van der Waals surface area contributed by atoms with Gasteiger partial charge in [-0.2, -0.15) is 4.98 Å². The molecular formula is C19H22ClN3O4S. The van der Waals surface area contributed by atoms with Crippen LogP contribution in [0.15, 0.2) is 28.0 Å². The molecular weight excluding hydrogens is 402 g/mol. The van der Waals surface area contributed by atoms with Crippen LogP contribution >= 0.6 is 23.4 Å². The van der Waals surface area contributed by atoms with E-state index in [0.717, 1.165) is 36.9 Å². The Hall–Kier alpha value is -2.03. The number of rotatable bonds is 7. The van der Waals surface area contributed by atoms with Crippen LogP contribution in [0.4, 0.5) is 5.69 Å². The molecule has 28 heavy (non-hydrogen) atoms. The second kappa shape index (κ2) is 9.45. The van der Waals surface area contributed by atoms with Crippen molar-refractivity contribution in [2.45, 2.75) is 37.3 Å². The molecule has 0 saturated carbocycles. The van der Waals surface area contributed by atoms with Crippen LogP contribution in [0.5, 0.6) is 5.75 Å². The summed E-state index contributed by atoms with van der Waals surface area (Å²) in [6.45, 7) is 0.137. The summed E-state index contributed by atoms with van der Waals surface area (Å²) in [6.07, 6.45) is 3.62. The predicted octanol–water partition coefficient (Wildman–Crippen LogP) is 2.51. The van der Waals surface area contributed by atoms with Gasteiger partial charge in [0.1, 0.15) is 10.8 Å². The van der Waals surface area contributed by atoms with Crippen molar-refractivity contribution in [3.8, 4) is 5.75 Å². The number of fused-ring (bicyclic) bond motifs is 1. The fourth-order valence-corrected chi connectivity index (χ4v) is 4.34. The molecule has 0 saturated heterocycles. The van der Waals surface area contributed by atoms with Gasteiger partial charge in [-0.15, -0.1) is 0 Å². The van der Waals surface area contributed by atoms with Crippen molar-refractivity contribution in [3.05, 3.63) is 45.0 Å². The highest BCUT2D eigenvalue weighted by Gasteiger charge is 2.21. The van der Waals surface area contributed by atoms with Crippen molar-refractivity contribution in [1.82, 2.24) is 9.55 Å². The van der Waals surface area contributed by atoms with Crippen molar-refractivity contribution in [2.24, 2.45) is 0 Å². The number of methoxy groups -OCH3 is 1. The molecule has 1 aromatic carbocycles. The van der Waals surface area contributed by atoms with E-state index in [4.69, 9.17) is 16.3 Å². The number of nitrogens with one attached hydrogen (secondary N) is 1. The van der Waals surface area contributed by atoms with Crippen LogP contribution in [-0.4, -0.2) is 40.0 Å². The van der Waals surface area contributed by atoms with E-state index in [2.05, 4.69) is 10.3 Å². The van der Waals surface area contributed by atoms with Crippen LogP contribution < -0.4 is 15.7 Å². The Bertz CT molecular complexity index is 932. The molecule has 150 valence electrons. The summed E-state index contributed by atoms with van der Waals surface area (Å²) in [4.78, 5) is 28.9. The molecule has 0 aliphatic heterocycles. The Balaban J connectivity index is 1.76. The van der Waals surface area contributed by atoms with E-state index in [1.807, 2.05) is 0 Å². The van der Waals surface area contributed by atoms with E-state index in [1.54, 1.807) is 22.8 Å². The number of hydrogen-bond acceptors (Lipinski definition) is 6. The number of ether oxygens (including phenoxy) is 1. The van der Waals surface area contributed by atoms with Gasteiger partial charge in [-0.3, -0.25) is 9.36 Å². The summed E-state index contributed by atoms with van der Waals surface area (Å²) in [5.74, 6) is 0.389. The first kappa shape index (κ1) is 20.7. The highest BCUT2D eigenvalue weighted by atomic mass is 35.5. The average Bonchev–Trinajstić information content (AvgIpc) is 2.69. The number of hydrogen-bond donors (Lipinski definition) is 2. The van der Waals surface area contributed by atoms with Gasteiger partial charge < -0.3 is 15.2 Å². The molecule has 2 aromatic rings. The molecule has 1 aromatic heterocycles. The van der Waals surface area contributed by atoms with Crippen molar-refractivity contribution >= 4 is 35.0 Å². The Labute approximate surface area is 172 Å². The minimum atomic E-state index is -0.380. The van der Waals surface area contributed by atoms with Crippen LogP contribution in [0.2, 0.25) is 5.02 Å². The Kier molecular flexibility index (Phi) is 6.98. The van der Waals surface area contributed by atoms with Gasteiger partial charge in [0, 0.05) is 16.3 Å². The predicted molar refractivity (Wildman–Crippen MR) is 110 cm³/mol. The number of nitrogens with zero attached hydrogens (tertiary/aromatic N) is 2. The van der Waals surface area contributed by atoms with Gasteiger partial charge in [-0.05, 0) is 43.9 Å². The Morgan fingerprint density at radius 1 is 1.39 bits per heavy atom. The zero-order valence-electron chi connectivity index (χ0n) is 15.5. The molecule has 1 heterocycles. The van der Waals surface area contributed by atoms with Gasteiger partial charge in [-0.25, -0.2) is 4.79 Å². The lowest BCUT2D eigenvalue weighted by Gasteiger charge is -2.22. The molecule has 0 unspecified atom stereocenters. The number of carbonyl (C=O) groups is 1. The van der Waals surface area contributed by atoms with Crippen LogP contribution in [-0.2, 0) is 24.2 Å². The summed E-state index contributed by atoms with van der Waals surface area (Å²) in [5.41, 5.74) is 2.06. The Morgan fingerprint density at radius 3 is 2.93 bits per heavy atom. The molecule has 0 fully saturated rings. The Morgan fingerprint density at radius 2 is 2.18 bits per heavy atom. The number of anilines is 1. The van der Waals surface area contributed by atoms with Crippen molar-refractivity contribution in [2.75, 3.05) is 24.8 Å². The summed E-state index contributed by atoms with van der Waals surface area (Å²) < 4.78 is 6.78. The lowest BCUT2D eigenvalue weighted by Crippen LogP contribution is -2.31. The van der Waals surface area contributed by atoms with Crippen LogP contribution in [0, 0.1) is 0 Å². The fraction of sp³-hybridized carbons (Fsp3) is 0.421. The highest BCUT2D eigenvalue weighted by Crippen LogP contribution is 2.30. The molecule has 9 heteroatoms. The third-order valence-electron chi connectivity index (χ3n) is 4.55. The number of carbonyl (C=O) groups excluding carboxylic acids is 1. The summed E-state index contributed by atoms with van der Waals surface area (Å²) >= 11 is 7.24. The molecule has 1 aliphatic carbocycles. The lowest BCUT2D eigenvalue weighted by atomic mass is 9.97. The largest absolute Gasteiger partial charge is 0.495 e. The summed E-state index contributed by atoms with van der Waals surface area (Å²) in [7, 11) is 1.52. The molecule has 3 rings (SSSR count). The van der Waals surface area contributed by atoms with Gasteiger partial charge in [0.15, 0.2) is 0 Å². The third-order valence-corrected chi connectivity index (χ3v) is 5.80. The quantitative estimate of drug-likeness (QED) is 0.525. The number of thioether (sulfide) groups is 1. The van der Waals surface area contributed by atoms with Gasteiger partial charge >= 0.3 is 5.69 Å². The maximum absolute atomic E-state index is 12.4. The topological polar surface area (TPSA) is 93.5 Å². The van der Waals surface area contributed by atoms with E-state index in [9.17, 15) is 14.7 Å². The zero-order valence-corrected chi connectivity index (χ0v) is 17.1. The summed E-state index contributed by atoms with van der Waals surface area (Å²) in [5, 5.41) is 13.1. The van der Waals surface area contributed by atoms with Crippen molar-refractivity contribution in [1.29, 1.82) is 0 Å². The molecule has 0 spiro atoms. The number of aromatic nitrogens is 2. The fourth-order valence-electron chi connectivity index (χ4n) is 3.30. The molecule has 0 radical (unpaired) electrons. The van der Waals surface area contributed by atoms with E-state index in [-0.39, 0.29) is 30.5 Å². The molecule has 7 nitrogen and oxygen atoms in total. The van der Waals surface area contributed by atoms with E-state index in [0.29, 0.717) is 21.5 Å². The highest BCUT2D eigenvalue weighted by molar-refractivity contribution is 8.00. The van der Waals surface area contributed by atoms with E-state index >= 15 is 0 Å². The number of benzene rings is 1.